The first kappa shape index (κ1) is 17.1. The topological polar surface area (TPSA) is 62.9 Å². The molecule has 0 saturated carbocycles. The van der Waals surface area contributed by atoms with Gasteiger partial charge in [0.1, 0.15) is 5.82 Å². The van der Waals surface area contributed by atoms with Crippen LogP contribution in [-0.2, 0) is 9.31 Å². The Morgan fingerprint density at radius 2 is 1.50 bits per heavy atom. The van der Waals surface area contributed by atoms with Crippen molar-refractivity contribution in [2.24, 2.45) is 5.73 Å². The molecule has 1 saturated heterocycles. The molecule has 0 aliphatic carbocycles. The summed E-state index contributed by atoms with van der Waals surface area (Å²) < 4.78 is 36.3. The summed E-state index contributed by atoms with van der Waals surface area (Å²) in [5.74, 6) is -0.545. The van der Waals surface area contributed by atoms with Gasteiger partial charge in [-0.1, -0.05) is 0 Å². The maximum absolute atomic E-state index is 14.3. The van der Waals surface area contributed by atoms with E-state index < -0.39 is 30.1 Å². The van der Waals surface area contributed by atoms with Crippen molar-refractivity contribution in [3.8, 4) is 11.5 Å². The van der Waals surface area contributed by atoms with Crippen LogP contribution in [0.15, 0.2) is 12.1 Å². The van der Waals surface area contributed by atoms with Crippen LogP contribution in [0.1, 0.15) is 39.2 Å². The third kappa shape index (κ3) is 2.80. The highest BCUT2D eigenvalue weighted by Gasteiger charge is 2.53. The number of rotatable bonds is 4. The van der Waals surface area contributed by atoms with Gasteiger partial charge in [-0.15, -0.1) is 0 Å². The third-order valence-corrected chi connectivity index (χ3v) is 4.43. The predicted molar refractivity (Wildman–Crippen MR) is 82.5 cm³/mol. The van der Waals surface area contributed by atoms with Crippen LogP contribution in [0.25, 0.3) is 0 Å². The molecular weight excluding hydrogens is 288 g/mol. The molecule has 1 aromatic carbocycles. The third-order valence-electron chi connectivity index (χ3n) is 4.43. The lowest BCUT2D eigenvalue weighted by Gasteiger charge is -2.32. The molecule has 1 fully saturated rings. The molecule has 1 aliphatic heterocycles. The average molecular weight is 311 g/mol. The number of hydrogen-bond donors (Lipinski definition) is 1. The number of halogens is 1. The molecule has 7 heteroatoms. The first-order chi connectivity index (χ1) is 10.1. The fraction of sp³-hybridized carbons (Fsp3) is 0.600. The van der Waals surface area contributed by atoms with E-state index >= 15 is 0 Å². The minimum absolute atomic E-state index is 0.260. The highest BCUT2D eigenvalue weighted by atomic mass is 19.1. The highest BCUT2D eigenvalue weighted by Crippen LogP contribution is 2.41. The smallest absolute Gasteiger partial charge is 0.480 e. The van der Waals surface area contributed by atoms with Gasteiger partial charge >= 0.3 is 7.12 Å². The van der Waals surface area contributed by atoms with Gasteiger partial charge in [0.05, 0.1) is 31.4 Å². The van der Waals surface area contributed by atoms with Crippen LogP contribution in [0.2, 0.25) is 0 Å². The Kier molecular flexibility index (Phi) is 4.43. The Morgan fingerprint density at radius 3 is 1.95 bits per heavy atom. The largest absolute Gasteiger partial charge is 0.493 e. The molecule has 1 heterocycles. The standard InChI is InChI=1S/C15H23BFNO4/c1-14(2)15(3,4)22-16(21-14)13(18)9-7-11(19-5)12(20-6)8-10(9)17/h7-8,13H,18H2,1-6H3/t13-/m1/s1. The second-order valence-electron chi connectivity index (χ2n) is 6.38. The lowest BCUT2D eigenvalue weighted by Crippen LogP contribution is -2.41. The van der Waals surface area contributed by atoms with E-state index in [1.807, 2.05) is 27.7 Å². The second kappa shape index (κ2) is 5.72. The number of methoxy groups -OCH3 is 2. The molecule has 1 aliphatic rings. The Hall–Kier alpha value is -1.31. The van der Waals surface area contributed by atoms with E-state index in [1.165, 1.54) is 26.4 Å². The van der Waals surface area contributed by atoms with E-state index in [-0.39, 0.29) is 5.56 Å². The summed E-state index contributed by atoms with van der Waals surface area (Å²) in [4.78, 5) is 0. The van der Waals surface area contributed by atoms with Crippen molar-refractivity contribution in [1.82, 2.24) is 0 Å². The molecule has 2 N–H and O–H groups in total. The Bertz CT molecular complexity index is 549. The van der Waals surface area contributed by atoms with Gasteiger partial charge in [-0.2, -0.15) is 0 Å². The summed E-state index contributed by atoms with van der Waals surface area (Å²) in [6.45, 7) is 7.69. The van der Waals surface area contributed by atoms with E-state index in [0.717, 1.165) is 0 Å². The molecule has 0 radical (unpaired) electrons. The fourth-order valence-corrected chi connectivity index (χ4v) is 2.31. The number of ether oxygens (including phenoxy) is 2. The minimum Gasteiger partial charge on any atom is -0.493 e. The maximum Gasteiger partial charge on any atom is 0.480 e. The lowest BCUT2D eigenvalue weighted by atomic mass is 9.74. The zero-order valence-electron chi connectivity index (χ0n) is 13.9. The van der Waals surface area contributed by atoms with Crippen LogP contribution in [0.3, 0.4) is 0 Å². The molecule has 0 amide bonds. The van der Waals surface area contributed by atoms with Crippen molar-refractivity contribution < 1.29 is 23.2 Å². The summed E-state index contributed by atoms with van der Waals surface area (Å²) in [7, 11) is 2.20. The van der Waals surface area contributed by atoms with Crippen LogP contribution in [0, 0.1) is 5.82 Å². The molecular formula is C15H23BFNO4. The second-order valence-corrected chi connectivity index (χ2v) is 6.38. The zero-order chi connectivity index (χ0) is 16.7. The normalized spacial score (nSPS) is 20.8. The van der Waals surface area contributed by atoms with Gasteiger partial charge in [-0.3, -0.25) is 0 Å². The lowest BCUT2D eigenvalue weighted by molar-refractivity contribution is 0.00578. The first-order valence-corrected chi connectivity index (χ1v) is 7.15. The van der Waals surface area contributed by atoms with Crippen LogP contribution in [0.5, 0.6) is 11.5 Å². The van der Waals surface area contributed by atoms with Crippen molar-refractivity contribution in [2.75, 3.05) is 14.2 Å². The summed E-state index contributed by atoms with van der Waals surface area (Å²) in [6.07, 6.45) is 0. The van der Waals surface area contributed by atoms with E-state index in [2.05, 4.69) is 0 Å². The van der Waals surface area contributed by atoms with Gasteiger partial charge in [0.2, 0.25) is 0 Å². The molecule has 2 rings (SSSR count). The van der Waals surface area contributed by atoms with E-state index in [9.17, 15) is 4.39 Å². The summed E-state index contributed by atoms with van der Waals surface area (Å²) >= 11 is 0. The van der Waals surface area contributed by atoms with Gasteiger partial charge in [-0.05, 0) is 33.8 Å². The van der Waals surface area contributed by atoms with Gasteiger partial charge in [0.25, 0.3) is 0 Å². The number of benzene rings is 1. The monoisotopic (exact) mass is 311 g/mol. The summed E-state index contributed by atoms with van der Waals surface area (Å²) in [5, 5.41) is 0. The van der Waals surface area contributed by atoms with Crippen LogP contribution >= 0.6 is 0 Å². The van der Waals surface area contributed by atoms with Crippen molar-refractivity contribution in [1.29, 1.82) is 0 Å². The fourth-order valence-electron chi connectivity index (χ4n) is 2.31. The molecule has 0 aromatic heterocycles. The van der Waals surface area contributed by atoms with Crippen LogP contribution < -0.4 is 15.2 Å². The first-order valence-electron chi connectivity index (χ1n) is 7.15. The maximum atomic E-state index is 14.3. The van der Waals surface area contributed by atoms with E-state index in [0.29, 0.717) is 11.5 Å². The van der Waals surface area contributed by atoms with Gasteiger partial charge < -0.3 is 24.5 Å². The van der Waals surface area contributed by atoms with Crippen LogP contribution in [-0.4, -0.2) is 32.5 Å². The van der Waals surface area contributed by atoms with Gasteiger partial charge in [0, 0.05) is 11.6 Å². The highest BCUT2D eigenvalue weighted by molar-refractivity contribution is 6.47. The molecule has 122 valence electrons. The van der Waals surface area contributed by atoms with Crippen LogP contribution in [0.4, 0.5) is 4.39 Å². The molecule has 5 nitrogen and oxygen atoms in total. The molecule has 1 aromatic rings. The summed E-state index contributed by atoms with van der Waals surface area (Å²) in [5.41, 5.74) is 5.38. The van der Waals surface area contributed by atoms with Gasteiger partial charge in [-0.25, -0.2) is 4.39 Å². The Labute approximate surface area is 131 Å². The molecule has 0 unspecified atom stereocenters. The molecule has 22 heavy (non-hydrogen) atoms. The molecule has 1 atom stereocenters. The van der Waals surface area contributed by atoms with Crippen molar-refractivity contribution in [3.05, 3.63) is 23.5 Å². The SMILES string of the molecule is COc1cc(F)c([C@@H](N)B2OC(C)(C)C(C)(C)O2)cc1OC. The average Bonchev–Trinajstić information content (AvgIpc) is 2.66. The number of hydrogen-bond acceptors (Lipinski definition) is 5. The Balaban J connectivity index is 2.33. The number of nitrogens with two attached hydrogens (primary N) is 1. The zero-order valence-corrected chi connectivity index (χ0v) is 13.9. The van der Waals surface area contributed by atoms with Gasteiger partial charge in [0.15, 0.2) is 11.5 Å². The molecule has 0 spiro atoms. The quantitative estimate of drug-likeness (QED) is 0.866. The van der Waals surface area contributed by atoms with Crippen molar-refractivity contribution in [2.45, 2.75) is 44.8 Å². The van der Waals surface area contributed by atoms with E-state index in [1.54, 1.807) is 0 Å². The van der Waals surface area contributed by atoms with Crippen molar-refractivity contribution in [3.63, 3.8) is 0 Å². The van der Waals surface area contributed by atoms with Crippen molar-refractivity contribution >= 4 is 7.12 Å². The predicted octanol–water partition coefficient (Wildman–Crippen LogP) is 2.47. The molecule has 0 bridgehead atoms. The minimum atomic E-state index is -0.777. The Morgan fingerprint density at radius 1 is 1.05 bits per heavy atom. The van der Waals surface area contributed by atoms with E-state index in [4.69, 9.17) is 24.5 Å². The summed E-state index contributed by atoms with van der Waals surface area (Å²) in [6, 6.07) is 2.77.